The molecule has 0 radical (unpaired) electrons. The lowest BCUT2D eigenvalue weighted by atomic mass is 10.2. The van der Waals surface area contributed by atoms with Crippen LogP contribution in [0, 0.1) is 0 Å². The lowest BCUT2D eigenvalue weighted by Gasteiger charge is -2.13. The first-order valence-corrected chi connectivity index (χ1v) is 13.0. The zero-order chi connectivity index (χ0) is 28.1. The summed E-state index contributed by atoms with van der Waals surface area (Å²) in [5.74, 6) is 0.579. The Morgan fingerprint density at radius 3 is 2.25 bits per heavy atom. The summed E-state index contributed by atoms with van der Waals surface area (Å²) < 4.78 is 15.8. The predicted octanol–water partition coefficient (Wildman–Crippen LogP) is 5.53. The minimum absolute atomic E-state index is 0.0117. The minimum atomic E-state index is -0.457. The smallest absolute Gasteiger partial charge is 0.278 e. The van der Waals surface area contributed by atoms with E-state index in [0.29, 0.717) is 39.1 Å². The zero-order valence-electron chi connectivity index (χ0n) is 21.7. The molecule has 0 aliphatic carbocycles. The van der Waals surface area contributed by atoms with Crippen molar-refractivity contribution < 1.29 is 28.3 Å². The second-order valence-corrected chi connectivity index (χ2v) is 9.73. The van der Waals surface area contributed by atoms with Crippen molar-refractivity contribution in [2.75, 3.05) is 24.9 Å². The van der Waals surface area contributed by atoms with Crippen LogP contribution < -0.4 is 20.1 Å². The molecule has 0 fully saturated rings. The first kappa shape index (κ1) is 26.6. The fourth-order valence-electron chi connectivity index (χ4n) is 3.97. The average molecular weight is 556 g/mol. The number of ether oxygens (including phenoxy) is 2. The lowest BCUT2D eigenvalue weighted by Crippen LogP contribution is -2.31. The number of hydrogen-bond donors (Lipinski definition) is 2. The topological polar surface area (TPSA) is 110 Å². The molecule has 202 valence electrons. The molecular formula is C30H25N3O6S. The zero-order valence-corrected chi connectivity index (χ0v) is 22.5. The number of rotatable bonds is 10. The molecule has 9 nitrogen and oxygen atoms in total. The Morgan fingerprint density at radius 2 is 1.57 bits per heavy atom. The molecule has 5 rings (SSSR count). The molecule has 0 unspecified atom stereocenters. The number of nitrogens with one attached hydrogen (secondary N) is 2. The van der Waals surface area contributed by atoms with Gasteiger partial charge in [-0.25, -0.2) is 0 Å². The van der Waals surface area contributed by atoms with Crippen LogP contribution >= 0.6 is 11.8 Å². The number of thioether (sulfide) groups is 1. The van der Waals surface area contributed by atoms with E-state index in [2.05, 4.69) is 10.6 Å². The molecule has 40 heavy (non-hydrogen) atoms. The molecule has 2 heterocycles. The van der Waals surface area contributed by atoms with E-state index in [0.717, 1.165) is 16.7 Å². The molecule has 0 saturated heterocycles. The SMILES string of the molecule is COc1ccc(NC2=C(Sc3ccc(NC(=O)c4cccc(OC)c4)cc3)C(=O)N(Cc3ccco3)C2=O)cc1. The first-order valence-electron chi connectivity index (χ1n) is 12.2. The Bertz CT molecular complexity index is 1560. The summed E-state index contributed by atoms with van der Waals surface area (Å²) in [6, 6.07) is 24.3. The fourth-order valence-corrected chi connectivity index (χ4v) is 4.92. The van der Waals surface area contributed by atoms with Crippen LogP contribution in [0.3, 0.4) is 0 Å². The summed E-state index contributed by atoms with van der Waals surface area (Å²) in [5.41, 5.74) is 1.84. The summed E-state index contributed by atoms with van der Waals surface area (Å²) in [4.78, 5) is 41.6. The van der Waals surface area contributed by atoms with E-state index < -0.39 is 11.8 Å². The van der Waals surface area contributed by atoms with Gasteiger partial charge in [-0.05, 0) is 78.9 Å². The standard InChI is InChI=1S/C30H25N3O6S/c1-37-22-12-8-20(9-13-22)31-26-27(30(36)33(29(26)35)18-24-7-4-16-39-24)40-25-14-10-21(11-15-25)32-28(34)19-5-3-6-23(17-19)38-2/h3-17,31H,18H2,1-2H3,(H,32,34). The van der Waals surface area contributed by atoms with E-state index in [1.54, 1.807) is 99.1 Å². The van der Waals surface area contributed by atoms with Gasteiger partial charge >= 0.3 is 0 Å². The maximum Gasteiger partial charge on any atom is 0.278 e. The molecule has 3 amide bonds. The number of carbonyl (C=O) groups is 3. The number of benzene rings is 3. The van der Waals surface area contributed by atoms with Crippen molar-refractivity contribution in [1.82, 2.24) is 4.90 Å². The summed E-state index contributed by atoms with van der Waals surface area (Å²) in [5, 5.41) is 5.96. The monoisotopic (exact) mass is 555 g/mol. The van der Waals surface area contributed by atoms with Gasteiger partial charge in [-0.3, -0.25) is 19.3 Å². The third-order valence-corrected chi connectivity index (χ3v) is 7.13. The van der Waals surface area contributed by atoms with Crippen molar-refractivity contribution in [3.05, 3.63) is 113 Å². The highest BCUT2D eigenvalue weighted by atomic mass is 32.2. The second kappa shape index (κ2) is 11.8. The molecule has 1 aliphatic rings. The van der Waals surface area contributed by atoms with E-state index in [9.17, 15) is 14.4 Å². The summed E-state index contributed by atoms with van der Waals surface area (Å²) >= 11 is 1.16. The number of nitrogens with zero attached hydrogens (tertiary/aromatic N) is 1. The number of furan rings is 1. The van der Waals surface area contributed by atoms with Gasteiger partial charge in [0, 0.05) is 21.8 Å². The van der Waals surface area contributed by atoms with Gasteiger partial charge in [0.1, 0.15) is 27.9 Å². The highest BCUT2D eigenvalue weighted by Crippen LogP contribution is 2.37. The Hall–Kier alpha value is -4.96. The Balaban J connectivity index is 1.36. The van der Waals surface area contributed by atoms with Gasteiger partial charge < -0.3 is 24.5 Å². The number of methoxy groups -OCH3 is 2. The molecule has 2 N–H and O–H groups in total. The molecule has 0 spiro atoms. The van der Waals surface area contributed by atoms with Crippen molar-refractivity contribution in [1.29, 1.82) is 0 Å². The largest absolute Gasteiger partial charge is 0.497 e. The Labute approximate surface area is 234 Å². The lowest BCUT2D eigenvalue weighted by molar-refractivity contribution is -0.138. The van der Waals surface area contributed by atoms with E-state index in [4.69, 9.17) is 13.9 Å². The minimum Gasteiger partial charge on any atom is -0.497 e. The summed E-state index contributed by atoms with van der Waals surface area (Å²) in [6.45, 7) is 0.0117. The Kier molecular flexibility index (Phi) is 7.88. The third-order valence-electron chi connectivity index (χ3n) is 6.04. The number of carbonyl (C=O) groups excluding carboxylic acids is 3. The van der Waals surface area contributed by atoms with Crippen molar-refractivity contribution in [3.63, 3.8) is 0 Å². The van der Waals surface area contributed by atoms with Gasteiger partial charge in [-0.1, -0.05) is 17.8 Å². The quantitative estimate of drug-likeness (QED) is 0.246. The maximum atomic E-state index is 13.4. The molecule has 3 aromatic carbocycles. The van der Waals surface area contributed by atoms with Crippen molar-refractivity contribution in [3.8, 4) is 11.5 Å². The van der Waals surface area contributed by atoms with Gasteiger partial charge in [0.2, 0.25) is 0 Å². The van der Waals surface area contributed by atoms with Crippen LogP contribution in [0.2, 0.25) is 0 Å². The van der Waals surface area contributed by atoms with Crippen molar-refractivity contribution in [2.45, 2.75) is 11.4 Å². The number of imide groups is 1. The Morgan fingerprint density at radius 1 is 0.850 bits per heavy atom. The molecule has 4 aromatic rings. The second-order valence-electron chi connectivity index (χ2n) is 8.65. The molecule has 0 saturated carbocycles. The molecule has 0 atom stereocenters. The van der Waals surface area contributed by atoms with Crippen LogP contribution in [0.1, 0.15) is 16.1 Å². The summed E-state index contributed by atoms with van der Waals surface area (Å²) in [6.07, 6.45) is 1.49. The predicted molar refractivity (Wildman–Crippen MR) is 151 cm³/mol. The highest BCUT2D eigenvalue weighted by molar-refractivity contribution is 8.04. The van der Waals surface area contributed by atoms with Crippen LogP contribution in [-0.2, 0) is 16.1 Å². The fraction of sp³-hybridized carbons (Fsp3) is 0.100. The maximum absolute atomic E-state index is 13.4. The number of anilines is 2. The van der Waals surface area contributed by atoms with Gasteiger partial charge in [0.15, 0.2) is 0 Å². The van der Waals surface area contributed by atoms with E-state index in [-0.39, 0.29) is 23.1 Å². The van der Waals surface area contributed by atoms with E-state index in [1.807, 2.05) is 0 Å². The molecular weight excluding hydrogens is 530 g/mol. The molecule has 10 heteroatoms. The van der Waals surface area contributed by atoms with Crippen LogP contribution in [0.15, 0.2) is 111 Å². The van der Waals surface area contributed by atoms with Gasteiger partial charge in [0.05, 0.1) is 27.0 Å². The first-order chi connectivity index (χ1) is 19.4. The van der Waals surface area contributed by atoms with Crippen LogP contribution in [-0.4, -0.2) is 36.8 Å². The molecule has 1 aromatic heterocycles. The van der Waals surface area contributed by atoms with Crippen molar-refractivity contribution in [2.24, 2.45) is 0 Å². The highest BCUT2D eigenvalue weighted by Gasteiger charge is 2.39. The normalized spacial score (nSPS) is 13.0. The van der Waals surface area contributed by atoms with E-state index in [1.165, 1.54) is 6.26 Å². The van der Waals surface area contributed by atoms with Crippen LogP contribution in [0.5, 0.6) is 11.5 Å². The average Bonchev–Trinajstić information content (AvgIpc) is 3.58. The molecule has 0 bridgehead atoms. The van der Waals surface area contributed by atoms with Crippen LogP contribution in [0.4, 0.5) is 11.4 Å². The number of hydrogen-bond acceptors (Lipinski definition) is 8. The van der Waals surface area contributed by atoms with Crippen molar-refractivity contribution >= 4 is 40.9 Å². The summed E-state index contributed by atoms with van der Waals surface area (Å²) in [7, 11) is 3.11. The van der Waals surface area contributed by atoms with Gasteiger partial charge in [0.25, 0.3) is 17.7 Å². The molecule has 1 aliphatic heterocycles. The third kappa shape index (κ3) is 5.87. The van der Waals surface area contributed by atoms with Gasteiger partial charge in [-0.2, -0.15) is 0 Å². The van der Waals surface area contributed by atoms with E-state index >= 15 is 0 Å². The van der Waals surface area contributed by atoms with Crippen LogP contribution in [0.25, 0.3) is 0 Å². The van der Waals surface area contributed by atoms with Gasteiger partial charge in [-0.15, -0.1) is 0 Å². The number of amides is 3.